The number of fused-ring (bicyclic) bond motifs is 1. The van der Waals surface area contributed by atoms with Gasteiger partial charge in [0, 0.05) is 12.1 Å². The lowest BCUT2D eigenvalue weighted by Gasteiger charge is -2.07. The average Bonchev–Trinajstić information content (AvgIpc) is 3.02. The minimum Gasteiger partial charge on any atom is -0.324 e. The summed E-state index contributed by atoms with van der Waals surface area (Å²) in [7, 11) is -3.63. The lowest BCUT2D eigenvalue weighted by molar-refractivity contribution is 0.102. The fraction of sp³-hybridized carbons (Fsp3) is 0.176. The van der Waals surface area contributed by atoms with Crippen molar-refractivity contribution in [3.05, 3.63) is 54.1 Å². The molecular formula is C17H18N4O3S. The molecule has 1 amide bonds. The van der Waals surface area contributed by atoms with E-state index in [0.29, 0.717) is 18.9 Å². The predicted octanol–water partition coefficient (Wildman–Crippen LogP) is 2.50. The van der Waals surface area contributed by atoms with Gasteiger partial charge in [0.15, 0.2) is 0 Å². The van der Waals surface area contributed by atoms with Crippen LogP contribution >= 0.6 is 0 Å². The molecule has 0 aliphatic carbocycles. The van der Waals surface area contributed by atoms with Gasteiger partial charge in [0.25, 0.3) is 5.91 Å². The minimum atomic E-state index is -3.63. The second kappa shape index (κ2) is 7.04. The SMILES string of the molecule is CCCNS(=O)(=O)c1cccc(C(=O)Nc2nc3ccccc3[nH]2)c1. The van der Waals surface area contributed by atoms with Crippen LogP contribution in [0.3, 0.4) is 0 Å². The molecule has 3 aromatic rings. The highest BCUT2D eigenvalue weighted by molar-refractivity contribution is 7.89. The maximum absolute atomic E-state index is 12.4. The van der Waals surface area contributed by atoms with Crippen LogP contribution < -0.4 is 10.0 Å². The number of aromatic amines is 1. The van der Waals surface area contributed by atoms with Gasteiger partial charge in [0.2, 0.25) is 16.0 Å². The molecule has 0 fully saturated rings. The van der Waals surface area contributed by atoms with Crippen molar-refractivity contribution in [3.8, 4) is 0 Å². The number of para-hydroxylation sites is 2. The third-order valence-corrected chi connectivity index (χ3v) is 5.03. The van der Waals surface area contributed by atoms with E-state index in [-0.39, 0.29) is 10.5 Å². The number of hydrogen-bond acceptors (Lipinski definition) is 4. The standard InChI is InChI=1S/C17H18N4O3S/c1-2-10-18-25(23,24)13-7-5-6-12(11-13)16(22)21-17-19-14-8-3-4-9-15(14)20-17/h3-9,11,18H,2,10H2,1H3,(H2,19,20,21,22). The molecule has 3 N–H and O–H groups in total. The molecule has 0 unspecified atom stereocenters. The smallest absolute Gasteiger partial charge is 0.258 e. The van der Waals surface area contributed by atoms with Crippen molar-refractivity contribution in [3.63, 3.8) is 0 Å². The molecule has 3 rings (SSSR count). The molecule has 0 spiro atoms. The Balaban J connectivity index is 1.81. The molecule has 0 radical (unpaired) electrons. The number of nitrogens with one attached hydrogen (secondary N) is 3. The molecular weight excluding hydrogens is 340 g/mol. The monoisotopic (exact) mass is 358 g/mol. The van der Waals surface area contributed by atoms with Crippen molar-refractivity contribution >= 4 is 32.9 Å². The molecule has 1 heterocycles. The topological polar surface area (TPSA) is 104 Å². The summed E-state index contributed by atoms with van der Waals surface area (Å²) in [4.78, 5) is 19.7. The number of carbonyl (C=O) groups excluding carboxylic acids is 1. The molecule has 130 valence electrons. The van der Waals surface area contributed by atoms with Gasteiger partial charge in [-0.3, -0.25) is 10.1 Å². The lowest BCUT2D eigenvalue weighted by atomic mass is 10.2. The number of sulfonamides is 1. The Morgan fingerprint density at radius 1 is 1.16 bits per heavy atom. The van der Waals surface area contributed by atoms with Crippen molar-refractivity contribution in [1.29, 1.82) is 0 Å². The van der Waals surface area contributed by atoms with E-state index in [4.69, 9.17) is 0 Å². The van der Waals surface area contributed by atoms with Crippen LogP contribution in [0.4, 0.5) is 5.95 Å². The number of rotatable bonds is 6. The molecule has 0 saturated heterocycles. The Kier molecular flexibility index (Phi) is 4.82. The molecule has 0 aliphatic heterocycles. The van der Waals surface area contributed by atoms with E-state index < -0.39 is 15.9 Å². The Bertz CT molecular complexity index is 978. The van der Waals surface area contributed by atoms with Gasteiger partial charge in [-0.2, -0.15) is 0 Å². The molecule has 0 saturated carbocycles. The van der Waals surface area contributed by atoms with Gasteiger partial charge in [0.05, 0.1) is 15.9 Å². The van der Waals surface area contributed by atoms with Gasteiger partial charge >= 0.3 is 0 Å². The van der Waals surface area contributed by atoms with Crippen molar-refractivity contribution in [1.82, 2.24) is 14.7 Å². The Labute approximate surface area is 145 Å². The van der Waals surface area contributed by atoms with Gasteiger partial charge < -0.3 is 4.98 Å². The quantitative estimate of drug-likeness (QED) is 0.630. The molecule has 7 nitrogen and oxygen atoms in total. The lowest BCUT2D eigenvalue weighted by Crippen LogP contribution is -2.24. The maximum Gasteiger partial charge on any atom is 0.258 e. The van der Waals surface area contributed by atoms with Crippen molar-refractivity contribution in [2.75, 3.05) is 11.9 Å². The number of hydrogen-bond donors (Lipinski definition) is 3. The second-order valence-electron chi connectivity index (χ2n) is 5.48. The first-order valence-electron chi connectivity index (χ1n) is 7.85. The average molecular weight is 358 g/mol. The summed E-state index contributed by atoms with van der Waals surface area (Å²) in [6.07, 6.45) is 0.686. The number of benzene rings is 2. The fourth-order valence-corrected chi connectivity index (χ4v) is 3.50. The maximum atomic E-state index is 12.4. The number of amides is 1. The van der Waals surface area contributed by atoms with Crippen LogP contribution in [0.2, 0.25) is 0 Å². The molecule has 2 aromatic carbocycles. The highest BCUT2D eigenvalue weighted by Crippen LogP contribution is 2.16. The normalized spacial score (nSPS) is 11.6. The molecule has 8 heteroatoms. The van der Waals surface area contributed by atoms with E-state index >= 15 is 0 Å². The van der Waals surface area contributed by atoms with E-state index in [2.05, 4.69) is 20.0 Å². The van der Waals surface area contributed by atoms with E-state index in [9.17, 15) is 13.2 Å². The number of anilines is 1. The third kappa shape index (κ3) is 3.86. The van der Waals surface area contributed by atoms with Gasteiger partial charge in [-0.05, 0) is 36.8 Å². The molecule has 0 aliphatic rings. The Hall–Kier alpha value is -2.71. The van der Waals surface area contributed by atoms with Crippen LogP contribution in [-0.2, 0) is 10.0 Å². The molecule has 0 bridgehead atoms. The van der Waals surface area contributed by atoms with Crippen molar-refractivity contribution in [2.45, 2.75) is 18.2 Å². The zero-order valence-electron chi connectivity index (χ0n) is 13.6. The number of H-pyrrole nitrogens is 1. The van der Waals surface area contributed by atoms with Crippen LogP contribution in [0.1, 0.15) is 23.7 Å². The van der Waals surface area contributed by atoms with E-state index in [1.165, 1.54) is 18.2 Å². The van der Waals surface area contributed by atoms with Gasteiger partial charge in [-0.25, -0.2) is 18.1 Å². The molecule has 25 heavy (non-hydrogen) atoms. The van der Waals surface area contributed by atoms with Crippen LogP contribution in [0.25, 0.3) is 11.0 Å². The molecule has 1 aromatic heterocycles. The van der Waals surface area contributed by atoms with Gasteiger partial charge in [0.1, 0.15) is 0 Å². The highest BCUT2D eigenvalue weighted by atomic mass is 32.2. The third-order valence-electron chi connectivity index (χ3n) is 3.57. The van der Waals surface area contributed by atoms with Crippen LogP contribution in [0, 0.1) is 0 Å². The number of carbonyl (C=O) groups is 1. The Morgan fingerprint density at radius 3 is 2.72 bits per heavy atom. The second-order valence-corrected chi connectivity index (χ2v) is 7.25. The number of imidazole rings is 1. The van der Waals surface area contributed by atoms with Crippen LogP contribution in [0.15, 0.2) is 53.4 Å². The number of nitrogens with zero attached hydrogens (tertiary/aromatic N) is 1. The van der Waals surface area contributed by atoms with Crippen LogP contribution in [-0.4, -0.2) is 30.8 Å². The largest absolute Gasteiger partial charge is 0.324 e. The predicted molar refractivity (Wildman–Crippen MR) is 96.0 cm³/mol. The summed E-state index contributed by atoms with van der Waals surface area (Å²) in [6, 6.07) is 13.3. The summed E-state index contributed by atoms with van der Waals surface area (Å²) >= 11 is 0. The van der Waals surface area contributed by atoms with E-state index in [1.54, 1.807) is 6.07 Å². The van der Waals surface area contributed by atoms with Crippen LogP contribution in [0.5, 0.6) is 0 Å². The first kappa shape index (κ1) is 17.1. The minimum absolute atomic E-state index is 0.0539. The first-order valence-corrected chi connectivity index (χ1v) is 9.34. The number of aromatic nitrogens is 2. The van der Waals surface area contributed by atoms with Crippen molar-refractivity contribution < 1.29 is 13.2 Å². The Morgan fingerprint density at radius 2 is 1.96 bits per heavy atom. The van der Waals surface area contributed by atoms with Crippen molar-refractivity contribution in [2.24, 2.45) is 0 Å². The summed E-state index contributed by atoms with van der Waals surface area (Å²) in [5.74, 6) is -0.129. The highest BCUT2D eigenvalue weighted by Gasteiger charge is 2.16. The van der Waals surface area contributed by atoms with E-state index in [0.717, 1.165) is 11.0 Å². The van der Waals surface area contributed by atoms with Gasteiger partial charge in [-0.1, -0.05) is 25.1 Å². The first-order chi connectivity index (χ1) is 12.0. The fourth-order valence-electron chi connectivity index (χ4n) is 2.32. The summed E-state index contributed by atoms with van der Waals surface area (Å²) < 4.78 is 26.8. The van der Waals surface area contributed by atoms with E-state index in [1.807, 2.05) is 31.2 Å². The van der Waals surface area contributed by atoms with Gasteiger partial charge in [-0.15, -0.1) is 0 Å². The zero-order valence-corrected chi connectivity index (χ0v) is 14.4. The summed E-state index contributed by atoms with van der Waals surface area (Å²) in [6.45, 7) is 2.22. The summed E-state index contributed by atoms with van der Waals surface area (Å²) in [5.41, 5.74) is 1.77. The summed E-state index contributed by atoms with van der Waals surface area (Å²) in [5, 5.41) is 2.65. The zero-order chi connectivity index (χ0) is 17.9. The molecule has 0 atom stereocenters.